The highest BCUT2D eigenvalue weighted by Gasteiger charge is 2.41. The number of benzene rings is 5. The third-order valence-electron chi connectivity index (χ3n) is 9.00. The first-order valence-electron chi connectivity index (χ1n) is 18.9. The van der Waals surface area contributed by atoms with Gasteiger partial charge in [-0.25, -0.2) is 9.59 Å². The van der Waals surface area contributed by atoms with E-state index in [4.69, 9.17) is 14.0 Å². The van der Waals surface area contributed by atoms with Crippen molar-refractivity contribution in [1.82, 2.24) is 10.6 Å². The van der Waals surface area contributed by atoms with Crippen LogP contribution >= 0.6 is 7.37 Å². The van der Waals surface area contributed by atoms with Crippen LogP contribution in [0.5, 0.6) is 0 Å². The van der Waals surface area contributed by atoms with E-state index in [-0.39, 0.29) is 38.6 Å². The van der Waals surface area contributed by atoms with Crippen LogP contribution < -0.4 is 10.6 Å². The molecule has 0 bridgehead atoms. The molecule has 0 aliphatic carbocycles. The molecule has 10 heteroatoms. The van der Waals surface area contributed by atoms with Gasteiger partial charge in [-0.3, -0.25) is 9.36 Å². The van der Waals surface area contributed by atoms with Crippen LogP contribution in [0.25, 0.3) is 0 Å². The second-order valence-electron chi connectivity index (χ2n) is 14.8. The molecule has 0 radical (unpaired) electrons. The Bertz CT molecular complexity index is 2010. The first-order valence-corrected chi connectivity index (χ1v) is 20.7. The molecule has 5 rings (SSSR count). The third kappa shape index (κ3) is 13.7. The predicted octanol–water partition coefficient (Wildman–Crippen LogP) is 8.90. The quantitative estimate of drug-likeness (QED) is 0.0674. The summed E-state index contributed by atoms with van der Waals surface area (Å²) in [7, 11) is -4.00. The monoisotopic (exact) mass is 774 g/mol. The highest BCUT2D eigenvalue weighted by Crippen LogP contribution is 2.54. The van der Waals surface area contributed by atoms with Crippen molar-refractivity contribution in [2.45, 2.75) is 70.7 Å². The van der Waals surface area contributed by atoms with E-state index in [9.17, 15) is 14.4 Å². The smallest absolute Gasteiger partial charge is 0.408 e. The van der Waals surface area contributed by atoms with Crippen molar-refractivity contribution in [2.24, 2.45) is 5.92 Å². The number of nitrogens with one attached hydrogen (secondary N) is 2. The molecular formula is C46H51N2O7P. The maximum Gasteiger partial charge on any atom is 0.408 e. The van der Waals surface area contributed by atoms with Crippen LogP contribution in [0.15, 0.2) is 152 Å². The van der Waals surface area contributed by atoms with Crippen LogP contribution in [0.1, 0.15) is 48.6 Å². The van der Waals surface area contributed by atoms with Crippen LogP contribution in [0, 0.1) is 5.92 Å². The van der Waals surface area contributed by atoms with E-state index >= 15 is 4.57 Å². The summed E-state index contributed by atoms with van der Waals surface area (Å²) >= 11 is 0. The zero-order valence-electron chi connectivity index (χ0n) is 32.2. The molecule has 292 valence electrons. The topological polar surface area (TPSA) is 120 Å². The molecule has 9 nitrogen and oxygen atoms in total. The molecule has 0 saturated carbocycles. The van der Waals surface area contributed by atoms with Gasteiger partial charge in [-0.2, -0.15) is 0 Å². The van der Waals surface area contributed by atoms with Gasteiger partial charge >= 0.3 is 12.1 Å². The Hall–Kier alpha value is -5.50. The summed E-state index contributed by atoms with van der Waals surface area (Å²) in [5.41, 5.74) is 3.23. The lowest BCUT2D eigenvalue weighted by molar-refractivity contribution is -0.149. The van der Waals surface area contributed by atoms with Crippen molar-refractivity contribution in [3.05, 3.63) is 179 Å². The Kier molecular flexibility index (Phi) is 15.2. The summed E-state index contributed by atoms with van der Waals surface area (Å²) < 4.78 is 33.5. The number of hydrogen-bond acceptors (Lipinski definition) is 7. The average Bonchev–Trinajstić information content (AvgIpc) is 3.19. The van der Waals surface area contributed by atoms with E-state index in [1.54, 1.807) is 20.8 Å². The van der Waals surface area contributed by atoms with Crippen molar-refractivity contribution in [3.63, 3.8) is 0 Å². The number of rotatable bonds is 18. The maximum atomic E-state index is 15.7. The van der Waals surface area contributed by atoms with E-state index in [0.29, 0.717) is 0 Å². The van der Waals surface area contributed by atoms with E-state index in [1.165, 1.54) is 0 Å². The van der Waals surface area contributed by atoms with Gasteiger partial charge in [0.1, 0.15) is 24.0 Å². The number of hydrogen-bond donors (Lipinski definition) is 2. The normalized spacial score (nSPS) is 14.0. The molecule has 3 unspecified atom stereocenters. The first kappa shape index (κ1) is 41.7. The lowest BCUT2D eigenvalue weighted by Crippen LogP contribution is -2.47. The van der Waals surface area contributed by atoms with Gasteiger partial charge < -0.3 is 24.6 Å². The average molecular weight is 775 g/mol. The zero-order chi connectivity index (χ0) is 39.8. The molecule has 0 spiro atoms. The second-order valence-corrected chi connectivity index (χ2v) is 17.4. The zero-order valence-corrected chi connectivity index (χ0v) is 33.1. The van der Waals surface area contributed by atoms with Gasteiger partial charge in [0.25, 0.3) is 0 Å². The number of carbonyl (C=O) groups is 3. The third-order valence-corrected chi connectivity index (χ3v) is 11.8. The molecule has 0 heterocycles. The van der Waals surface area contributed by atoms with Gasteiger partial charge in [-0.05, 0) is 55.0 Å². The van der Waals surface area contributed by atoms with Crippen molar-refractivity contribution in [1.29, 1.82) is 0 Å². The number of alkyl carbamates (subject to hydrolysis) is 1. The Morgan fingerprint density at radius 2 is 1.00 bits per heavy atom. The fourth-order valence-electron chi connectivity index (χ4n) is 6.21. The Labute approximate surface area is 330 Å². The van der Waals surface area contributed by atoms with Crippen LogP contribution in [0.4, 0.5) is 4.79 Å². The largest absolute Gasteiger partial charge is 0.459 e. The number of amides is 2. The maximum absolute atomic E-state index is 15.7. The van der Waals surface area contributed by atoms with Gasteiger partial charge in [0.2, 0.25) is 13.3 Å². The molecule has 2 amide bonds. The Balaban J connectivity index is 1.50. The fraction of sp³-hybridized carbons (Fsp3) is 0.283. The van der Waals surface area contributed by atoms with Crippen LogP contribution in [0.2, 0.25) is 0 Å². The molecule has 0 aliphatic rings. The van der Waals surface area contributed by atoms with Crippen LogP contribution in [-0.2, 0) is 60.6 Å². The molecule has 0 aliphatic heterocycles. The molecule has 5 aromatic carbocycles. The molecule has 0 saturated heterocycles. The standard InChI is InChI=1S/C46H51N2O7P/c1-46(2,3)55-45(51)48-42(31-37-23-13-6-14-24-37)56(52,54-33-39-27-17-8-18-28-39)34-40(29-35-19-9-4-10-20-35)43(49)47-41(30-36-21-11-5-12-22-36)44(50)53-32-38-25-15-7-16-26-38/h4-28,40-42H,29-34H2,1-3H3,(H,47,49)(H,48,51)/t40?,41-,42?,56?/m0/s1. The van der Waals surface area contributed by atoms with Crippen molar-refractivity contribution in [3.8, 4) is 0 Å². The highest BCUT2D eigenvalue weighted by atomic mass is 31.2. The SMILES string of the molecule is CC(C)(C)OC(=O)NC(Cc1ccccc1)P(=O)(CC(Cc1ccccc1)C(=O)N[C@@H](Cc1ccccc1)C(=O)OCc1ccccc1)OCc1ccccc1. The number of esters is 1. The summed E-state index contributed by atoms with van der Waals surface area (Å²) in [5, 5.41) is 5.85. The summed E-state index contributed by atoms with van der Waals surface area (Å²) in [4.78, 5) is 41.8. The molecule has 5 aromatic rings. The van der Waals surface area contributed by atoms with E-state index in [1.807, 2.05) is 152 Å². The lowest BCUT2D eigenvalue weighted by Gasteiger charge is -2.32. The van der Waals surface area contributed by atoms with Gasteiger partial charge in [-0.15, -0.1) is 0 Å². The molecular weight excluding hydrogens is 723 g/mol. The predicted molar refractivity (Wildman–Crippen MR) is 219 cm³/mol. The van der Waals surface area contributed by atoms with E-state index in [2.05, 4.69) is 10.6 Å². The van der Waals surface area contributed by atoms with E-state index < -0.39 is 48.7 Å². The van der Waals surface area contributed by atoms with Crippen molar-refractivity contribution >= 4 is 25.3 Å². The second kappa shape index (κ2) is 20.4. The van der Waals surface area contributed by atoms with Crippen LogP contribution in [0.3, 0.4) is 0 Å². The molecule has 2 N–H and O–H groups in total. The van der Waals surface area contributed by atoms with E-state index in [0.717, 1.165) is 27.8 Å². The minimum Gasteiger partial charge on any atom is -0.459 e. The van der Waals surface area contributed by atoms with Gasteiger partial charge in [0.05, 0.1) is 12.5 Å². The number of carbonyl (C=O) groups excluding carboxylic acids is 3. The summed E-state index contributed by atoms with van der Waals surface area (Å²) in [6, 6.07) is 45.8. The summed E-state index contributed by atoms with van der Waals surface area (Å²) in [5.74, 6) is -3.10. The van der Waals surface area contributed by atoms with Gasteiger partial charge in [-0.1, -0.05) is 152 Å². The molecule has 0 aromatic heterocycles. The summed E-state index contributed by atoms with van der Waals surface area (Å²) in [6.45, 7) is 5.26. The molecule has 0 fully saturated rings. The first-order chi connectivity index (χ1) is 27.0. The van der Waals surface area contributed by atoms with Crippen molar-refractivity contribution < 1.29 is 32.9 Å². The lowest BCUT2D eigenvalue weighted by atomic mass is 9.99. The molecule has 56 heavy (non-hydrogen) atoms. The van der Waals surface area contributed by atoms with Crippen molar-refractivity contribution in [2.75, 3.05) is 6.16 Å². The molecule has 4 atom stereocenters. The Morgan fingerprint density at radius 3 is 1.48 bits per heavy atom. The number of ether oxygens (including phenoxy) is 2. The van der Waals surface area contributed by atoms with Gasteiger partial charge in [0, 0.05) is 19.0 Å². The minimum atomic E-state index is -4.00. The Morgan fingerprint density at radius 1 is 0.571 bits per heavy atom. The van der Waals surface area contributed by atoms with Crippen LogP contribution in [-0.4, -0.2) is 41.6 Å². The summed E-state index contributed by atoms with van der Waals surface area (Å²) in [6.07, 6.45) is -0.487. The highest BCUT2D eigenvalue weighted by molar-refractivity contribution is 7.59. The van der Waals surface area contributed by atoms with Gasteiger partial charge in [0.15, 0.2) is 0 Å². The minimum absolute atomic E-state index is 0.0263. The fourth-order valence-corrected chi connectivity index (χ4v) is 8.81.